The molecule has 2 aromatic rings. The zero-order valence-electron chi connectivity index (χ0n) is 16.2. The van der Waals surface area contributed by atoms with Gasteiger partial charge in [-0.05, 0) is 37.4 Å². The highest BCUT2D eigenvalue weighted by Crippen LogP contribution is 2.20. The van der Waals surface area contributed by atoms with Crippen LogP contribution in [0.15, 0.2) is 42.7 Å². The molecule has 0 unspecified atom stereocenters. The summed E-state index contributed by atoms with van der Waals surface area (Å²) in [6.07, 6.45) is 3.50. The SMILES string of the molecule is CN1CCN(c2cncc(C(=O)N3CCN(c4ccc(F)cc4)CC3)c2)CC1. The van der Waals surface area contributed by atoms with E-state index >= 15 is 0 Å². The van der Waals surface area contributed by atoms with Crippen molar-refractivity contribution in [2.24, 2.45) is 0 Å². The van der Waals surface area contributed by atoms with E-state index in [1.165, 1.54) is 12.1 Å². The number of halogens is 1. The number of hydrogen-bond donors (Lipinski definition) is 0. The molecule has 0 atom stereocenters. The summed E-state index contributed by atoms with van der Waals surface area (Å²) in [6.45, 7) is 6.71. The number of amides is 1. The molecule has 0 aliphatic carbocycles. The van der Waals surface area contributed by atoms with Crippen molar-refractivity contribution in [2.45, 2.75) is 0 Å². The minimum atomic E-state index is -0.231. The van der Waals surface area contributed by atoms with Crippen LogP contribution >= 0.6 is 0 Å². The number of nitrogens with zero attached hydrogens (tertiary/aromatic N) is 5. The van der Waals surface area contributed by atoms with Crippen molar-refractivity contribution in [3.63, 3.8) is 0 Å². The number of anilines is 2. The molecule has 2 saturated heterocycles. The molecule has 6 nitrogen and oxygen atoms in total. The summed E-state index contributed by atoms with van der Waals surface area (Å²) < 4.78 is 13.1. The van der Waals surface area contributed by atoms with E-state index in [0.29, 0.717) is 18.7 Å². The Morgan fingerprint density at radius 3 is 2.14 bits per heavy atom. The highest BCUT2D eigenvalue weighted by atomic mass is 19.1. The van der Waals surface area contributed by atoms with Crippen LogP contribution < -0.4 is 9.80 Å². The predicted molar refractivity (Wildman–Crippen MR) is 108 cm³/mol. The lowest BCUT2D eigenvalue weighted by Gasteiger charge is -2.36. The normalized spacial score (nSPS) is 18.4. The first-order valence-electron chi connectivity index (χ1n) is 9.78. The zero-order valence-corrected chi connectivity index (χ0v) is 16.2. The van der Waals surface area contributed by atoms with Gasteiger partial charge in [0.25, 0.3) is 5.91 Å². The molecule has 1 amide bonds. The Morgan fingerprint density at radius 1 is 0.857 bits per heavy atom. The predicted octanol–water partition coefficient (Wildman–Crippen LogP) is 1.93. The maximum absolute atomic E-state index is 13.1. The van der Waals surface area contributed by atoms with Gasteiger partial charge in [-0.1, -0.05) is 0 Å². The Kier molecular flexibility index (Phi) is 5.43. The molecule has 2 aliphatic rings. The van der Waals surface area contributed by atoms with Gasteiger partial charge in [0.05, 0.1) is 17.4 Å². The zero-order chi connectivity index (χ0) is 19.5. The van der Waals surface area contributed by atoms with E-state index in [9.17, 15) is 9.18 Å². The fourth-order valence-corrected chi connectivity index (χ4v) is 3.78. The quantitative estimate of drug-likeness (QED) is 0.810. The van der Waals surface area contributed by atoms with Gasteiger partial charge in [-0.3, -0.25) is 9.78 Å². The first kappa shape index (κ1) is 18.7. The Morgan fingerprint density at radius 2 is 1.46 bits per heavy atom. The number of rotatable bonds is 3. The Labute approximate surface area is 165 Å². The van der Waals surface area contributed by atoms with Crippen LogP contribution in [0.3, 0.4) is 0 Å². The first-order valence-corrected chi connectivity index (χ1v) is 9.78. The summed E-state index contributed by atoms with van der Waals surface area (Å²) >= 11 is 0. The van der Waals surface area contributed by atoms with Gasteiger partial charge in [0.1, 0.15) is 5.82 Å². The molecule has 0 spiro atoms. The minimum absolute atomic E-state index is 0.0298. The van der Waals surface area contributed by atoms with E-state index in [-0.39, 0.29) is 11.7 Å². The van der Waals surface area contributed by atoms with Crippen LogP contribution in [0.4, 0.5) is 15.8 Å². The van der Waals surface area contributed by atoms with Gasteiger partial charge in [0.2, 0.25) is 0 Å². The average Bonchev–Trinajstić information content (AvgIpc) is 2.74. The first-order chi connectivity index (χ1) is 13.6. The van der Waals surface area contributed by atoms with E-state index in [4.69, 9.17) is 0 Å². The van der Waals surface area contributed by atoms with Gasteiger partial charge < -0.3 is 19.6 Å². The van der Waals surface area contributed by atoms with Crippen LogP contribution in [0.1, 0.15) is 10.4 Å². The fourth-order valence-electron chi connectivity index (χ4n) is 3.78. The molecule has 28 heavy (non-hydrogen) atoms. The third-order valence-electron chi connectivity index (χ3n) is 5.60. The Balaban J connectivity index is 1.38. The van der Waals surface area contributed by atoms with Crippen LogP contribution in [0.2, 0.25) is 0 Å². The molecule has 1 aromatic carbocycles. The lowest BCUT2D eigenvalue weighted by atomic mass is 10.2. The van der Waals surface area contributed by atoms with Crippen LogP contribution in [0.25, 0.3) is 0 Å². The largest absolute Gasteiger partial charge is 0.368 e. The molecule has 0 N–H and O–H groups in total. The van der Waals surface area contributed by atoms with Gasteiger partial charge in [0.15, 0.2) is 0 Å². The molecule has 0 bridgehead atoms. The number of hydrogen-bond acceptors (Lipinski definition) is 5. The molecule has 2 fully saturated rings. The van der Waals surface area contributed by atoms with Gasteiger partial charge in [-0.15, -0.1) is 0 Å². The summed E-state index contributed by atoms with van der Waals surface area (Å²) in [5, 5.41) is 0. The third kappa shape index (κ3) is 4.09. The summed E-state index contributed by atoms with van der Waals surface area (Å²) in [5.41, 5.74) is 2.66. The Hall–Kier alpha value is -2.67. The van der Waals surface area contributed by atoms with Crippen molar-refractivity contribution in [3.05, 3.63) is 54.1 Å². The number of piperazine rings is 2. The molecule has 0 saturated carbocycles. The van der Waals surface area contributed by atoms with Gasteiger partial charge >= 0.3 is 0 Å². The van der Waals surface area contributed by atoms with Crippen molar-refractivity contribution < 1.29 is 9.18 Å². The second kappa shape index (κ2) is 8.14. The second-order valence-corrected chi connectivity index (χ2v) is 7.48. The second-order valence-electron chi connectivity index (χ2n) is 7.48. The van der Waals surface area contributed by atoms with E-state index in [0.717, 1.165) is 50.6 Å². The standard InChI is InChI=1S/C21H26FN5O/c1-24-6-8-26(9-7-24)20-14-17(15-23-16-20)21(28)27-12-10-25(11-13-27)19-4-2-18(22)3-5-19/h2-5,14-16H,6-13H2,1H3. The molecule has 3 heterocycles. The lowest BCUT2D eigenvalue weighted by Crippen LogP contribution is -2.49. The highest BCUT2D eigenvalue weighted by molar-refractivity contribution is 5.95. The molecule has 7 heteroatoms. The van der Waals surface area contributed by atoms with Gasteiger partial charge in [0, 0.05) is 64.2 Å². The summed E-state index contributed by atoms with van der Waals surface area (Å²) in [7, 11) is 2.13. The molecular weight excluding hydrogens is 357 g/mol. The number of benzene rings is 1. The smallest absolute Gasteiger partial charge is 0.255 e. The van der Waals surface area contributed by atoms with Gasteiger partial charge in [-0.25, -0.2) is 4.39 Å². The summed E-state index contributed by atoms with van der Waals surface area (Å²) in [4.78, 5) is 25.9. The summed E-state index contributed by atoms with van der Waals surface area (Å²) in [5.74, 6) is -0.201. The highest BCUT2D eigenvalue weighted by Gasteiger charge is 2.23. The van der Waals surface area contributed by atoms with E-state index in [1.54, 1.807) is 18.3 Å². The number of carbonyl (C=O) groups is 1. The Bertz CT molecular complexity index is 812. The van der Waals surface area contributed by atoms with Gasteiger partial charge in [-0.2, -0.15) is 0 Å². The maximum atomic E-state index is 13.1. The molecule has 148 valence electrons. The molecule has 0 radical (unpaired) electrons. The van der Waals surface area contributed by atoms with Crippen LogP contribution in [0.5, 0.6) is 0 Å². The molecule has 4 rings (SSSR count). The van der Waals surface area contributed by atoms with Crippen molar-refractivity contribution in [2.75, 3.05) is 69.2 Å². The van der Waals surface area contributed by atoms with Crippen LogP contribution in [-0.2, 0) is 0 Å². The molecular formula is C21H26FN5O. The van der Waals surface area contributed by atoms with E-state index in [1.807, 2.05) is 17.2 Å². The number of pyridine rings is 1. The van der Waals surface area contributed by atoms with E-state index in [2.05, 4.69) is 26.7 Å². The topological polar surface area (TPSA) is 42.9 Å². The molecule has 2 aliphatic heterocycles. The van der Waals surface area contributed by atoms with Crippen molar-refractivity contribution in [3.8, 4) is 0 Å². The minimum Gasteiger partial charge on any atom is -0.368 e. The number of aromatic nitrogens is 1. The lowest BCUT2D eigenvalue weighted by molar-refractivity contribution is 0.0746. The van der Waals surface area contributed by atoms with E-state index < -0.39 is 0 Å². The third-order valence-corrected chi connectivity index (χ3v) is 5.60. The number of carbonyl (C=O) groups excluding carboxylic acids is 1. The average molecular weight is 383 g/mol. The molecule has 1 aromatic heterocycles. The fraction of sp³-hybridized carbons (Fsp3) is 0.429. The van der Waals surface area contributed by atoms with Crippen molar-refractivity contribution in [1.82, 2.24) is 14.8 Å². The van der Waals surface area contributed by atoms with Crippen molar-refractivity contribution >= 4 is 17.3 Å². The summed E-state index contributed by atoms with van der Waals surface area (Å²) in [6, 6.07) is 8.49. The van der Waals surface area contributed by atoms with Crippen molar-refractivity contribution in [1.29, 1.82) is 0 Å². The van der Waals surface area contributed by atoms with Crippen LogP contribution in [-0.4, -0.2) is 80.1 Å². The van der Waals surface area contributed by atoms with Crippen LogP contribution in [0, 0.1) is 5.82 Å². The number of likely N-dealkylation sites (N-methyl/N-ethyl adjacent to an activating group) is 1. The monoisotopic (exact) mass is 383 g/mol. The maximum Gasteiger partial charge on any atom is 0.255 e.